The fourth-order valence-corrected chi connectivity index (χ4v) is 2.24. The van der Waals surface area contributed by atoms with Crippen molar-refractivity contribution in [2.75, 3.05) is 5.73 Å². The van der Waals surface area contributed by atoms with Crippen molar-refractivity contribution in [1.82, 2.24) is 4.98 Å². The standard InChI is InChI=1S/C6H4BrClF2N2O2S/c7-5-4(11)3(6(9)10)2(1-12-5)15(8,13)14/h1,6H,11H2. The first kappa shape index (κ1) is 12.6. The van der Waals surface area contributed by atoms with Gasteiger partial charge in [0, 0.05) is 16.9 Å². The summed E-state index contributed by atoms with van der Waals surface area (Å²) in [6.07, 6.45) is -2.32. The average molecular weight is 322 g/mol. The number of halogens is 4. The number of alkyl halides is 2. The zero-order valence-electron chi connectivity index (χ0n) is 6.92. The van der Waals surface area contributed by atoms with Crippen molar-refractivity contribution in [3.8, 4) is 0 Å². The number of hydrogen-bond donors (Lipinski definition) is 1. The third kappa shape index (κ3) is 2.56. The summed E-state index contributed by atoms with van der Waals surface area (Å²) < 4.78 is 46.9. The molecule has 1 aromatic rings. The maximum absolute atomic E-state index is 12.5. The molecule has 0 saturated carbocycles. The number of nitrogen functional groups attached to an aromatic ring is 1. The Hall–Kier alpha value is -0.470. The van der Waals surface area contributed by atoms with E-state index in [1.54, 1.807) is 0 Å². The number of rotatable bonds is 2. The molecule has 0 saturated heterocycles. The van der Waals surface area contributed by atoms with Gasteiger partial charge in [0.1, 0.15) is 9.50 Å². The normalized spacial score (nSPS) is 12.1. The second kappa shape index (κ2) is 4.18. The fraction of sp³-hybridized carbons (Fsp3) is 0.167. The van der Waals surface area contributed by atoms with Crippen LogP contribution < -0.4 is 5.73 Å². The molecule has 0 aliphatic carbocycles. The summed E-state index contributed by atoms with van der Waals surface area (Å²) in [5.41, 5.74) is 3.99. The van der Waals surface area contributed by atoms with E-state index in [-0.39, 0.29) is 4.60 Å². The first-order chi connectivity index (χ1) is 6.75. The summed E-state index contributed by atoms with van der Waals surface area (Å²) in [6, 6.07) is 0. The molecule has 1 rings (SSSR count). The predicted molar refractivity (Wildman–Crippen MR) is 54.3 cm³/mol. The van der Waals surface area contributed by atoms with Crippen LogP contribution in [0.4, 0.5) is 14.5 Å². The lowest BCUT2D eigenvalue weighted by atomic mass is 10.2. The van der Waals surface area contributed by atoms with Gasteiger partial charge in [0.05, 0.1) is 11.3 Å². The molecule has 0 aliphatic rings. The SMILES string of the molecule is Nc1c(Br)ncc(S(=O)(=O)Cl)c1C(F)F. The van der Waals surface area contributed by atoms with Gasteiger partial charge in [-0.15, -0.1) is 0 Å². The maximum atomic E-state index is 12.5. The number of aromatic nitrogens is 1. The van der Waals surface area contributed by atoms with E-state index in [1.807, 2.05) is 0 Å². The Morgan fingerprint density at radius 3 is 2.47 bits per heavy atom. The largest absolute Gasteiger partial charge is 0.396 e. The van der Waals surface area contributed by atoms with Crippen LogP contribution in [0.1, 0.15) is 12.0 Å². The predicted octanol–water partition coefficient (Wildman–Crippen LogP) is 2.29. The molecular formula is C6H4BrClF2N2O2S. The summed E-state index contributed by atoms with van der Waals surface area (Å²) in [7, 11) is 0.671. The molecule has 0 atom stereocenters. The van der Waals surface area contributed by atoms with Crippen molar-refractivity contribution in [3.63, 3.8) is 0 Å². The molecule has 0 bridgehead atoms. The van der Waals surface area contributed by atoms with E-state index in [1.165, 1.54) is 0 Å². The van der Waals surface area contributed by atoms with Gasteiger partial charge in [-0.1, -0.05) is 0 Å². The third-order valence-electron chi connectivity index (χ3n) is 1.55. The number of pyridine rings is 1. The third-order valence-corrected chi connectivity index (χ3v) is 3.54. The molecule has 15 heavy (non-hydrogen) atoms. The van der Waals surface area contributed by atoms with Gasteiger partial charge in [-0.2, -0.15) is 0 Å². The molecule has 0 aliphatic heterocycles. The van der Waals surface area contributed by atoms with Gasteiger partial charge in [0.2, 0.25) is 0 Å². The number of anilines is 1. The van der Waals surface area contributed by atoms with Crippen LogP contribution in [0.2, 0.25) is 0 Å². The van der Waals surface area contributed by atoms with Crippen LogP contribution in [0.5, 0.6) is 0 Å². The first-order valence-corrected chi connectivity index (χ1v) is 6.52. The van der Waals surface area contributed by atoms with Gasteiger partial charge < -0.3 is 5.73 Å². The summed E-state index contributed by atoms with van der Waals surface area (Å²) in [4.78, 5) is 2.70. The topological polar surface area (TPSA) is 73.0 Å². The van der Waals surface area contributed by atoms with E-state index in [4.69, 9.17) is 16.4 Å². The van der Waals surface area contributed by atoms with Crippen molar-refractivity contribution in [3.05, 3.63) is 16.4 Å². The minimum absolute atomic E-state index is 0.0538. The van der Waals surface area contributed by atoms with Gasteiger partial charge in [-0.25, -0.2) is 22.2 Å². The molecular weight excluding hydrogens is 317 g/mol. The molecule has 1 aromatic heterocycles. The van der Waals surface area contributed by atoms with Crippen LogP contribution >= 0.6 is 26.6 Å². The first-order valence-electron chi connectivity index (χ1n) is 3.42. The monoisotopic (exact) mass is 320 g/mol. The van der Waals surface area contributed by atoms with Crippen molar-refractivity contribution in [2.24, 2.45) is 0 Å². The molecule has 0 aromatic carbocycles. The van der Waals surface area contributed by atoms with Gasteiger partial charge in [0.25, 0.3) is 15.5 Å². The van der Waals surface area contributed by atoms with Crippen LogP contribution in [0.15, 0.2) is 15.7 Å². The second-order valence-electron chi connectivity index (χ2n) is 2.48. The highest BCUT2D eigenvalue weighted by Gasteiger charge is 2.26. The number of nitrogens with zero attached hydrogens (tertiary/aromatic N) is 1. The van der Waals surface area contributed by atoms with E-state index in [0.29, 0.717) is 0 Å². The van der Waals surface area contributed by atoms with E-state index in [2.05, 4.69) is 20.9 Å². The highest BCUT2D eigenvalue weighted by atomic mass is 79.9. The number of hydrogen-bond acceptors (Lipinski definition) is 4. The quantitative estimate of drug-likeness (QED) is 0.670. The molecule has 1 heterocycles. The molecule has 0 spiro atoms. The van der Waals surface area contributed by atoms with Crippen LogP contribution in [0, 0.1) is 0 Å². The van der Waals surface area contributed by atoms with Crippen LogP contribution in [0.25, 0.3) is 0 Å². The van der Waals surface area contributed by atoms with Crippen molar-refractivity contribution in [1.29, 1.82) is 0 Å². The smallest absolute Gasteiger partial charge is 0.267 e. The molecule has 9 heteroatoms. The Kier molecular flexibility index (Phi) is 3.51. The Morgan fingerprint density at radius 2 is 2.07 bits per heavy atom. The highest BCUT2D eigenvalue weighted by molar-refractivity contribution is 9.10. The summed E-state index contributed by atoms with van der Waals surface area (Å²) in [5.74, 6) is 0. The van der Waals surface area contributed by atoms with E-state index in [9.17, 15) is 17.2 Å². The maximum Gasteiger partial charge on any atom is 0.267 e. The lowest BCUT2D eigenvalue weighted by Gasteiger charge is -2.09. The van der Waals surface area contributed by atoms with Crippen molar-refractivity contribution >= 4 is 41.4 Å². The van der Waals surface area contributed by atoms with E-state index < -0.39 is 31.6 Å². The minimum Gasteiger partial charge on any atom is -0.396 e. The van der Waals surface area contributed by atoms with Crippen LogP contribution in [0.3, 0.4) is 0 Å². The molecule has 0 unspecified atom stereocenters. The van der Waals surface area contributed by atoms with Gasteiger partial charge in [-0.3, -0.25) is 0 Å². The average Bonchev–Trinajstić information content (AvgIpc) is 2.06. The van der Waals surface area contributed by atoms with Gasteiger partial charge in [0.15, 0.2) is 0 Å². The van der Waals surface area contributed by atoms with E-state index >= 15 is 0 Å². The molecule has 0 radical (unpaired) electrons. The van der Waals surface area contributed by atoms with Gasteiger partial charge >= 0.3 is 0 Å². The molecule has 0 amide bonds. The van der Waals surface area contributed by atoms with Crippen LogP contribution in [-0.2, 0) is 9.05 Å². The Balaban J connectivity index is 3.62. The van der Waals surface area contributed by atoms with Crippen LogP contribution in [-0.4, -0.2) is 13.4 Å². The zero-order chi connectivity index (χ0) is 11.8. The Bertz CT molecular complexity index is 494. The number of nitrogens with two attached hydrogens (primary N) is 1. The minimum atomic E-state index is -4.29. The molecule has 84 valence electrons. The molecule has 4 nitrogen and oxygen atoms in total. The Labute approximate surface area is 97.0 Å². The van der Waals surface area contributed by atoms with Crippen molar-refractivity contribution < 1.29 is 17.2 Å². The highest BCUT2D eigenvalue weighted by Crippen LogP contribution is 2.35. The lowest BCUT2D eigenvalue weighted by molar-refractivity contribution is 0.148. The summed E-state index contributed by atoms with van der Waals surface area (Å²) in [5, 5.41) is 0. The van der Waals surface area contributed by atoms with E-state index in [0.717, 1.165) is 6.20 Å². The van der Waals surface area contributed by atoms with Crippen molar-refractivity contribution in [2.45, 2.75) is 11.3 Å². The Morgan fingerprint density at radius 1 is 1.53 bits per heavy atom. The lowest BCUT2D eigenvalue weighted by Crippen LogP contribution is -2.05. The zero-order valence-corrected chi connectivity index (χ0v) is 10.1. The second-order valence-corrected chi connectivity index (χ2v) is 5.76. The summed E-state index contributed by atoms with van der Waals surface area (Å²) in [6.45, 7) is 0. The summed E-state index contributed by atoms with van der Waals surface area (Å²) >= 11 is 2.81. The van der Waals surface area contributed by atoms with Gasteiger partial charge in [-0.05, 0) is 15.9 Å². The molecule has 0 fully saturated rings. The fourth-order valence-electron chi connectivity index (χ4n) is 0.918. The molecule has 2 N–H and O–H groups in total.